The topological polar surface area (TPSA) is 35.5 Å². The van der Waals surface area contributed by atoms with E-state index in [9.17, 15) is 4.79 Å². The first-order chi connectivity index (χ1) is 10.9. The molecule has 24 heavy (non-hydrogen) atoms. The van der Waals surface area contributed by atoms with Gasteiger partial charge in [-0.1, -0.05) is 0 Å². The molecule has 2 unspecified atom stereocenters. The summed E-state index contributed by atoms with van der Waals surface area (Å²) in [5.74, 6) is 1.40. The lowest BCUT2D eigenvalue weighted by atomic mass is 9.83. The second kappa shape index (κ2) is 6.07. The molecule has 4 heteroatoms. The fourth-order valence-corrected chi connectivity index (χ4v) is 3.66. The van der Waals surface area contributed by atoms with Gasteiger partial charge in [0.05, 0.1) is 21.1 Å². The summed E-state index contributed by atoms with van der Waals surface area (Å²) in [5.41, 5.74) is 4.07. The lowest BCUT2D eigenvalue weighted by Gasteiger charge is -2.46. The highest BCUT2D eigenvalue weighted by molar-refractivity contribution is 5.72. The molecule has 1 aliphatic rings. The standard InChI is InChI=1S/C20H32NO3/c1-12-13(2)19-17(14(3)18(12)23-16(5)22)10-11-20(6,24-19)15(4)21(7,8)9/h15H,10-11H2,1-9H3/q+1. The van der Waals surface area contributed by atoms with Crippen molar-refractivity contribution in [1.29, 1.82) is 0 Å². The first kappa shape index (κ1) is 18.8. The summed E-state index contributed by atoms with van der Waals surface area (Å²) >= 11 is 0. The highest BCUT2D eigenvalue weighted by atomic mass is 16.5. The van der Waals surface area contributed by atoms with Gasteiger partial charge in [-0.25, -0.2) is 0 Å². The van der Waals surface area contributed by atoms with Crippen molar-refractivity contribution in [3.8, 4) is 11.5 Å². The summed E-state index contributed by atoms with van der Waals surface area (Å²) in [7, 11) is 6.63. The van der Waals surface area contributed by atoms with Crippen LogP contribution in [0.2, 0.25) is 0 Å². The van der Waals surface area contributed by atoms with Crippen molar-refractivity contribution >= 4 is 5.97 Å². The molecule has 0 bridgehead atoms. The molecule has 1 aliphatic heterocycles. The maximum Gasteiger partial charge on any atom is 0.308 e. The molecule has 134 valence electrons. The van der Waals surface area contributed by atoms with Gasteiger partial charge in [0, 0.05) is 12.5 Å². The molecule has 1 aromatic rings. The number of nitrogens with zero attached hydrogens (tertiary/aromatic N) is 1. The summed E-state index contributed by atoms with van der Waals surface area (Å²) in [6.07, 6.45) is 1.90. The molecule has 0 aromatic heterocycles. The molecule has 2 rings (SSSR count). The van der Waals surface area contributed by atoms with Crippen molar-refractivity contribution in [1.82, 2.24) is 0 Å². The zero-order valence-corrected chi connectivity index (χ0v) is 16.7. The van der Waals surface area contributed by atoms with Crippen LogP contribution < -0.4 is 9.47 Å². The van der Waals surface area contributed by atoms with Gasteiger partial charge >= 0.3 is 5.97 Å². The maximum atomic E-state index is 11.4. The molecule has 0 saturated heterocycles. The predicted molar refractivity (Wildman–Crippen MR) is 96.8 cm³/mol. The number of carbonyl (C=O) groups excluding carboxylic acids is 1. The van der Waals surface area contributed by atoms with E-state index in [1.807, 2.05) is 13.8 Å². The normalized spacial score (nSPS) is 21.7. The molecule has 2 atom stereocenters. The Morgan fingerprint density at radius 1 is 1.17 bits per heavy atom. The van der Waals surface area contributed by atoms with Gasteiger partial charge in [-0.3, -0.25) is 4.79 Å². The summed E-state index contributed by atoms with van der Waals surface area (Å²) in [6, 6.07) is 0.360. The van der Waals surface area contributed by atoms with Gasteiger partial charge in [0.1, 0.15) is 17.5 Å². The van der Waals surface area contributed by atoms with E-state index in [-0.39, 0.29) is 11.6 Å². The van der Waals surface area contributed by atoms with Crippen LogP contribution in [-0.2, 0) is 11.2 Å². The van der Waals surface area contributed by atoms with Gasteiger partial charge in [0.2, 0.25) is 0 Å². The Kier molecular flexibility index (Phi) is 4.75. The SMILES string of the molecule is CC(=O)Oc1c(C)c(C)c2c(c1C)CCC(C)(C(C)[N+](C)(C)C)O2. The average molecular weight is 334 g/mol. The Hall–Kier alpha value is -1.55. The Balaban J connectivity index is 2.52. The Bertz CT molecular complexity index is 673. The average Bonchev–Trinajstić information content (AvgIpc) is 2.47. The Morgan fingerprint density at radius 3 is 2.25 bits per heavy atom. The quantitative estimate of drug-likeness (QED) is 0.480. The van der Waals surface area contributed by atoms with Crippen LogP contribution in [0.25, 0.3) is 0 Å². The molecule has 0 aliphatic carbocycles. The Morgan fingerprint density at radius 2 is 1.75 bits per heavy atom. The maximum absolute atomic E-state index is 11.4. The smallest absolute Gasteiger partial charge is 0.308 e. The zero-order chi connectivity index (χ0) is 18.4. The molecule has 1 heterocycles. The van der Waals surface area contributed by atoms with Crippen LogP contribution in [-0.4, -0.2) is 43.2 Å². The lowest BCUT2D eigenvalue weighted by molar-refractivity contribution is -0.901. The van der Waals surface area contributed by atoms with Crippen molar-refractivity contribution in [3.05, 3.63) is 22.3 Å². The van der Waals surface area contributed by atoms with Crippen LogP contribution in [0.15, 0.2) is 0 Å². The van der Waals surface area contributed by atoms with E-state index >= 15 is 0 Å². The molecule has 0 fully saturated rings. The minimum absolute atomic E-state index is 0.210. The predicted octanol–water partition coefficient (Wildman–Crippen LogP) is 3.72. The van der Waals surface area contributed by atoms with E-state index in [0.717, 1.165) is 39.8 Å². The molecule has 0 N–H and O–H groups in total. The number of fused-ring (bicyclic) bond motifs is 1. The van der Waals surface area contributed by atoms with Crippen molar-refractivity contribution in [2.75, 3.05) is 21.1 Å². The lowest BCUT2D eigenvalue weighted by Crippen LogP contribution is -2.59. The molecule has 0 amide bonds. The van der Waals surface area contributed by atoms with Gasteiger partial charge in [-0.05, 0) is 64.2 Å². The van der Waals surface area contributed by atoms with E-state index in [0.29, 0.717) is 11.8 Å². The summed E-state index contributed by atoms with van der Waals surface area (Å²) in [5, 5.41) is 0. The van der Waals surface area contributed by atoms with E-state index in [4.69, 9.17) is 9.47 Å². The number of rotatable bonds is 3. The highest BCUT2D eigenvalue weighted by Gasteiger charge is 2.45. The monoisotopic (exact) mass is 334 g/mol. The van der Waals surface area contributed by atoms with E-state index in [2.05, 4.69) is 41.9 Å². The fraction of sp³-hybridized carbons (Fsp3) is 0.650. The largest absolute Gasteiger partial charge is 0.481 e. The van der Waals surface area contributed by atoms with Gasteiger partial charge < -0.3 is 14.0 Å². The number of ether oxygens (including phenoxy) is 2. The third-order valence-corrected chi connectivity index (χ3v) is 5.81. The van der Waals surface area contributed by atoms with Crippen LogP contribution in [0, 0.1) is 20.8 Å². The second-order valence-corrected chi connectivity index (χ2v) is 8.31. The van der Waals surface area contributed by atoms with Gasteiger partial charge in [-0.2, -0.15) is 0 Å². The van der Waals surface area contributed by atoms with Crippen molar-refractivity contribution in [2.45, 2.75) is 66.0 Å². The van der Waals surface area contributed by atoms with Crippen LogP contribution >= 0.6 is 0 Å². The molecule has 0 saturated carbocycles. The van der Waals surface area contributed by atoms with Gasteiger partial charge in [0.15, 0.2) is 5.60 Å². The molecule has 4 nitrogen and oxygen atoms in total. The summed E-state index contributed by atoms with van der Waals surface area (Å²) in [6.45, 7) is 12.0. The molecular formula is C20H32NO3+. The van der Waals surface area contributed by atoms with E-state index < -0.39 is 0 Å². The minimum Gasteiger partial charge on any atom is -0.481 e. The first-order valence-corrected chi connectivity index (χ1v) is 8.69. The van der Waals surface area contributed by atoms with Crippen LogP contribution in [0.4, 0.5) is 0 Å². The second-order valence-electron chi connectivity index (χ2n) is 8.31. The van der Waals surface area contributed by atoms with Gasteiger partial charge in [0.25, 0.3) is 0 Å². The molecule has 1 aromatic carbocycles. The summed E-state index contributed by atoms with van der Waals surface area (Å²) < 4.78 is 12.9. The van der Waals surface area contributed by atoms with Crippen LogP contribution in [0.5, 0.6) is 11.5 Å². The number of benzene rings is 1. The number of esters is 1. The summed E-state index contributed by atoms with van der Waals surface area (Å²) in [4.78, 5) is 11.4. The number of hydrogen-bond donors (Lipinski definition) is 0. The van der Waals surface area contributed by atoms with Crippen LogP contribution in [0.1, 0.15) is 49.4 Å². The molecular weight excluding hydrogens is 302 g/mol. The first-order valence-electron chi connectivity index (χ1n) is 8.69. The Labute approximate surface area is 146 Å². The number of carbonyl (C=O) groups is 1. The highest BCUT2D eigenvalue weighted by Crippen LogP contribution is 2.45. The minimum atomic E-state index is -0.277. The third kappa shape index (κ3) is 3.16. The number of hydrogen-bond acceptors (Lipinski definition) is 3. The van der Waals surface area contributed by atoms with Crippen molar-refractivity contribution < 1.29 is 18.8 Å². The van der Waals surface area contributed by atoms with E-state index in [1.54, 1.807) is 0 Å². The van der Waals surface area contributed by atoms with Crippen molar-refractivity contribution in [3.63, 3.8) is 0 Å². The fourth-order valence-electron chi connectivity index (χ4n) is 3.66. The van der Waals surface area contributed by atoms with Crippen LogP contribution in [0.3, 0.4) is 0 Å². The number of likely N-dealkylation sites (N-methyl/N-ethyl adjacent to an activating group) is 1. The van der Waals surface area contributed by atoms with Crippen molar-refractivity contribution in [2.24, 2.45) is 0 Å². The zero-order valence-electron chi connectivity index (χ0n) is 16.7. The molecule has 0 spiro atoms. The van der Waals surface area contributed by atoms with E-state index in [1.165, 1.54) is 12.5 Å². The molecule has 0 radical (unpaired) electrons. The number of quaternary nitrogens is 1. The third-order valence-electron chi connectivity index (χ3n) is 5.81. The van der Waals surface area contributed by atoms with Gasteiger partial charge in [-0.15, -0.1) is 0 Å².